The van der Waals surface area contributed by atoms with Gasteiger partial charge in [-0.2, -0.15) is 10.4 Å². The summed E-state index contributed by atoms with van der Waals surface area (Å²) in [5, 5.41) is 14.8. The van der Waals surface area contributed by atoms with Crippen LogP contribution in [-0.2, 0) is 0 Å². The SMILES string of the molecule is CC(=O)n1ncc2c(C(C#N)=C3CCN(C(=O)n4ccnc4)CC3)cccc21. The Balaban J connectivity index is 1.64. The third-order valence-corrected chi connectivity index (χ3v) is 5.01. The summed E-state index contributed by atoms with van der Waals surface area (Å²) in [5.74, 6) is -0.176. The van der Waals surface area contributed by atoms with E-state index in [0.717, 1.165) is 16.5 Å². The molecule has 0 unspecified atom stereocenters. The minimum Gasteiger partial charge on any atom is -0.323 e. The van der Waals surface area contributed by atoms with E-state index in [-0.39, 0.29) is 11.9 Å². The van der Waals surface area contributed by atoms with Gasteiger partial charge in [-0.25, -0.2) is 14.5 Å². The van der Waals surface area contributed by atoms with Gasteiger partial charge in [0.05, 0.1) is 23.4 Å². The van der Waals surface area contributed by atoms with Crippen LogP contribution >= 0.6 is 0 Å². The van der Waals surface area contributed by atoms with Crippen LogP contribution in [0.3, 0.4) is 0 Å². The van der Waals surface area contributed by atoms with Gasteiger partial charge in [-0.1, -0.05) is 12.1 Å². The van der Waals surface area contributed by atoms with E-state index in [1.807, 2.05) is 18.2 Å². The Morgan fingerprint density at radius 1 is 1.21 bits per heavy atom. The topological polar surface area (TPSA) is 96.8 Å². The molecule has 0 N–H and O–H groups in total. The number of nitrogens with zero attached hydrogens (tertiary/aromatic N) is 6. The van der Waals surface area contributed by atoms with Gasteiger partial charge in [-0.15, -0.1) is 0 Å². The largest absolute Gasteiger partial charge is 0.329 e. The number of fused-ring (bicyclic) bond motifs is 1. The van der Waals surface area contributed by atoms with E-state index in [4.69, 9.17) is 0 Å². The van der Waals surface area contributed by atoms with Crippen molar-refractivity contribution >= 4 is 28.4 Å². The van der Waals surface area contributed by atoms with Gasteiger partial charge in [0.25, 0.3) is 0 Å². The van der Waals surface area contributed by atoms with E-state index in [1.54, 1.807) is 23.5 Å². The molecule has 2 aromatic heterocycles. The number of rotatable bonds is 1. The maximum atomic E-state index is 12.4. The lowest BCUT2D eigenvalue weighted by molar-refractivity contribution is 0.0926. The van der Waals surface area contributed by atoms with Crippen LogP contribution in [0.5, 0.6) is 0 Å². The molecule has 3 aromatic rings. The van der Waals surface area contributed by atoms with Crippen LogP contribution in [0, 0.1) is 11.3 Å². The second-order valence-corrected chi connectivity index (χ2v) is 6.64. The third kappa shape index (κ3) is 2.97. The summed E-state index contributed by atoms with van der Waals surface area (Å²) in [6.45, 7) is 2.54. The molecular weight excluding hydrogens is 356 g/mol. The van der Waals surface area contributed by atoms with Crippen molar-refractivity contribution in [2.24, 2.45) is 0 Å². The number of carbonyl (C=O) groups excluding carboxylic acids is 2. The van der Waals surface area contributed by atoms with Gasteiger partial charge >= 0.3 is 6.03 Å². The number of hydrogen-bond acceptors (Lipinski definition) is 5. The van der Waals surface area contributed by atoms with Crippen molar-refractivity contribution in [3.63, 3.8) is 0 Å². The molecule has 1 fully saturated rings. The first-order valence-corrected chi connectivity index (χ1v) is 8.97. The predicted octanol–water partition coefficient (Wildman–Crippen LogP) is 2.93. The van der Waals surface area contributed by atoms with Gasteiger partial charge < -0.3 is 4.90 Å². The molecule has 0 spiro atoms. The molecule has 0 aliphatic carbocycles. The van der Waals surface area contributed by atoms with Crippen molar-refractivity contribution in [3.05, 3.63) is 54.3 Å². The number of aromatic nitrogens is 4. The fraction of sp³-hybridized carbons (Fsp3) is 0.250. The van der Waals surface area contributed by atoms with Crippen LogP contribution in [0.1, 0.15) is 30.1 Å². The third-order valence-electron chi connectivity index (χ3n) is 5.01. The summed E-state index contributed by atoms with van der Waals surface area (Å²) in [7, 11) is 0. The maximum Gasteiger partial charge on any atom is 0.329 e. The second kappa shape index (κ2) is 7.12. The Morgan fingerprint density at radius 2 is 2.00 bits per heavy atom. The molecule has 140 valence electrons. The minimum absolute atomic E-state index is 0.111. The van der Waals surface area contributed by atoms with Crippen LogP contribution in [-0.4, -0.2) is 49.3 Å². The van der Waals surface area contributed by atoms with E-state index in [2.05, 4.69) is 16.2 Å². The zero-order valence-electron chi connectivity index (χ0n) is 15.4. The predicted molar refractivity (Wildman–Crippen MR) is 102 cm³/mol. The molecule has 1 aliphatic rings. The molecule has 0 radical (unpaired) electrons. The zero-order valence-corrected chi connectivity index (χ0v) is 15.4. The molecule has 0 bridgehead atoms. The Labute approximate surface area is 161 Å². The van der Waals surface area contributed by atoms with E-state index >= 15 is 0 Å². The Kier molecular flexibility index (Phi) is 4.49. The summed E-state index contributed by atoms with van der Waals surface area (Å²) in [4.78, 5) is 29.9. The Hall–Kier alpha value is -3.73. The van der Waals surface area contributed by atoms with E-state index < -0.39 is 0 Å². The van der Waals surface area contributed by atoms with Crippen molar-refractivity contribution in [2.45, 2.75) is 19.8 Å². The van der Waals surface area contributed by atoms with Gasteiger partial charge in [0.1, 0.15) is 6.33 Å². The highest BCUT2D eigenvalue weighted by molar-refractivity contribution is 5.99. The highest BCUT2D eigenvalue weighted by Gasteiger charge is 2.23. The molecule has 1 saturated heterocycles. The molecule has 0 saturated carbocycles. The van der Waals surface area contributed by atoms with E-state index in [0.29, 0.717) is 37.0 Å². The van der Waals surface area contributed by atoms with Crippen LogP contribution in [0.25, 0.3) is 16.5 Å². The van der Waals surface area contributed by atoms with E-state index in [1.165, 1.54) is 22.5 Å². The molecule has 8 heteroatoms. The van der Waals surface area contributed by atoms with Crippen LogP contribution in [0.4, 0.5) is 4.79 Å². The standard InChI is InChI=1S/C20H18N6O2/c1-14(27)26-19-4-2-3-16(18(19)12-23-26)17(11-21)15-5-8-24(9-6-15)20(28)25-10-7-22-13-25/h2-4,7,10,12-13H,5-6,8-9H2,1H3. The number of hydrogen-bond donors (Lipinski definition) is 0. The second-order valence-electron chi connectivity index (χ2n) is 6.64. The van der Waals surface area contributed by atoms with Crippen molar-refractivity contribution < 1.29 is 9.59 Å². The molecule has 0 atom stereocenters. The molecule has 4 rings (SSSR count). The van der Waals surface area contributed by atoms with Crippen molar-refractivity contribution in [2.75, 3.05) is 13.1 Å². The van der Waals surface area contributed by atoms with Gasteiger partial charge in [-0.3, -0.25) is 9.36 Å². The number of piperidine rings is 1. The smallest absolute Gasteiger partial charge is 0.323 e. The quantitative estimate of drug-likeness (QED) is 0.610. The monoisotopic (exact) mass is 374 g/mol. The number of imidazole rings is 1. The Morgan fingerprint density at radius 3 is 2.64 bits per heavy atom. The number of benzene rings is 1. The maximum absolute atomic E-state index is 12.4. The summed E-state index contributed by atoms with van der Waals surface area (Å²) in [5.41, 5.74) is 3.08. The molecule has 3 heterocycles. The number of amides is 1. The lowest BCUT2D eigenvalue weighted by Crippen LogP contribution is -2.38. The first-order valence-electron chi connectivity index (χ1n) is 8.97. The average molecular weight is 374 g/mol. The van der Waals surface area contributed by atoms with Gasteiger partial charge in [0.15, 0.2) is 0 Å². The summed E-state index contributed by atoms with van der Waals surface area (Å²) in [6, 6.07) is 7.74. The highest BCUT2D eigenvalue weighted by Crippen LogP contribution is 2.31. The summed E-state index contributed by atoms with van der Waals surface area (Å²) in [6.07, 6.45) is 7.56. The van der Waals surface area contributed by atoms with Gasteiger partial charge in [0.2, 0.25) is 5.91 Å². The molecular formula is C20H18N6O2. The normalized spacial score (nSPS) is 14.1. The fourth-order valence-electron chi connectivity index (χ4n) is 3.60. The number of nitriles is 1. The molecule has 8 nitrogen and oxygen atoms in total. The van der Waals surface area contributed by atoms with Crippen molar-refractivity contribution in [1.29, 1.82) is 5.26 Å². The average Bonchev–Trinajstić information content (AvgIpc) is 3.39. The molecule has 1 amide bonds. The van der Waals surface area contributed by atoms with Crippen LogP contribution in [0.2, 0.25) is 0 Å². The first kappa shape index (κ1) is 17.7. The van der Waals surface area contributed by atoms with Gasteiger partial charge in [0, 0.05) is 43.4 Å². The lowest BCUT2D eigenvalue weighted by Gasteiger charge is -2.29. The fourth-order valence-corrected chi connectivity index (χ4v) is 3.60. The highest BCUT2D eigenvalue weighted by atomic mass is 16.2. The Bertz CT molecular complexity index is 1120. The lowest BCUT2D eigenvalue weighted by atomic mass is 9.92. The number of allylic oxidation sites excluding steroid dienone is 1. The molecule has 28 heavy (non-hydrogen) atoms. The van der Waals surface area contributed by atoms with Crippen LogP contribution < -0.4 is 0 Å². The zero-order chi connectivity index (χ0) is 19.7. The van der Waals surface area contributed by atoms with Crippen molar-refractivity contribution in [1.82, 2.24) is 24.2 Å². The minimum atomic E-state index is -0.176. The molecule has 1 aliphatic heterocycles. The molecule has 1 aromatic carbocycles. The van der Waals surface area contributed by atoms with Crippen molar-refractivity contribution in [3.8, 4) is 6.07 Å². The van der Waals surface area contributed by atoms with Crippen LogP contribution in [0.15, 0.2) is 48.7 Å². The first-order chi connectivity index (χ1) is 13.6. The number of likely N-dealkylation sites (tertiary alicyclic amines) is 1. The summed E-state index contributed by atoms with van der Waals surface area (Å²) < 4.78 is 2.79. The van der Waals surface area contributed by atoms with Gasteiger partial charge in [-0.05, 0) is 24.5 Å². The summed E-state index contributed by atoms with van der Waals surface area (Å²) >= 11 is 0. The van der Waals surface area contributed by atoms with E-state index in [9.17, 15) is 14.9 Å². The number of carbonyl (C=O) groups is 2.